The van der Waals surface area contributed by atoms with Gasteiger partial charge < -0.3 is 19.8 Å². The molecule has 3 heterocycles. The van der Waals surface area contributed by atoms with E-state index in [0.717, 1.165) is 5.70 Å². The van der Waals surface area contributed by atoms with Crippen LogP contribution >= 0.6 is 11.6 Å². The van der Waals surface area contributed by atoms with E-state index >= 15 is 0 Å². The average Bonchev–Trinajstić information content (AvgIpc) is 3.02. The predicted molar refractivity (Wildman–Crippen MR) is 70.6 cm³/mol. The molecule has 2 N–H and O–H groups in total. The summed E-state index contributed by atoms with van der Waals surface area (Å²) in [7, 11) is 0. The molecule has 0 saturated carbocycles. The van der Waals surface area contributed by atoms with Gasteiger partial charge in [0.2, 0.25) is 5.88 Å². The Kier molecular flexibility index (Phi) is 3.27. The molecule has 3 rings (SSSR count). The largest absolute Gasteiger partial charge is 0.458 e. The maximum Gasteiger partial charge on any atom is 0.303 e. The molecular weight excluding hydrogens is 284 g/mol. The van der Waals surface area contributed by atoms with Gasteiger partial charge in [0.05, 0.1) is 24.8 Å². The van der Waals surface area contributed by atoms with Gasteiger partial charge >= 0.3 is 5.97 Å². The minimum Gasteiger partial charge on any atom is -0.458 e. The van der Waals surface area contributed by atoms with E-state index in [4.69, 9.17) is 20.8 Å². The third-order valence-corrected chi connectivity index (χ3v) is 3.15. The number of aliphatic imine (C=N–C) groups is 1. The molecule has 1 saturated heterocycles. The summed E-state index contributed by atoms with van der Waals surface area (Å²) in [4.78, 5) is 16.6. The highest BCUT2D eigenvalue weighted by Gasteiger charge is 2.34. The number of hydrogen-bond donors (Lipinski definition) is 2. The molecular formula is C12H11ClN4O3. The van der Waals surface area contributed by atoms with Crippen molar-refractivity contribution in [3.8, 4) is 0 Å². The number of ether oxygens (including phenoxy) is 1. The van der Waals surface area contributed by atoms with Crippen molar-refractivity contribution in [1.29, 1.82) is 0 Å². The molecule has 1 atom stereocenters. The number of nitrogens with one attached hydrogen (secondary N) is 2. The molecule has 104 valence electrons. The fourth-order valence-corrected chi connectivity index (χ4v) is 2.17. The van der Waals surface area contributed by atoms with Gasteiger partial charge in [-0.3, -0.25) is 9.69 Å². The zero-order chi connectivity index (χ0) is 14.1. The van der Waals surface area contributed by atoms with Gasteiger partial charge in [0.25, 0.3) is 0 Å². The number of fused-ring (bicyclic) bond motifs is 1. The lowest BCUT2D eigenvalue weighted by Gasteiger charge is -2.24. The SMILES string of the molecule is CC(=O)OCc1[c][c]c(N2CNC3=C(Cl)N=CN[C@@H]32)o1. The van der Waals surface area contributed by atoms with Crippen LogP contribution in [0, 0.1) is 12.1 Å². The number of esters is 1. The van der Waals surface area contributed by atoms with Crippen molar-refractivity contribution in [1.82, 2.24) is 10.6 Å². The van der Waals surface area contributed by atoms with E-state index in [-0.39, 0.29) is 18.7 Å². The van der Waals surface area contributed by atoms with E-state index < -0.39 is 0 Å². The van der Waals surface area contributed by atoms with E-state index in [1.54, 1.807) is 0 Å². The fourth-order valence-electron chi connectivity index (χ4n) is 1.95. The quantitative estimate of drug-likeness (QED) is 0.630. The van der Waals surface area contributed by atoms with Crippen LogP contribution in [-0.2, 0) is 16.1 Å². The fraction of sp³-hybridized carbons (Fsp3) is 0.333. The second-order valence-corrected chi connectivity index (χ2v) is 4.56. The first-order chi connectivity index (χ1) is 9.65. The highest BCUT2D eigenvalue weighted by atomic mass is 35.5. The summed E-state index contributed by atoms with van der Waals surface area (Å²) in [5, 5.41) is 6.61. The Morgan fingerprint density at radius 2 is 2.55 bits per heavy atom. The van der Waals surface area contributed by atoms with E-state index in [1.165, 1.54) is 13.3 Å². The van der Waals surface area contributed by atoms with Crippen LogP contribution in [0.15, 0.2) is 20.3 Å². The van der Waals surface area contributed by atoms with Crippen LogP contribution in [0.2, 0.25) is 0 Å². The normalized spacial score (nSPS) is 20.5. The number of halogens is 1. The Hall–Kier alpha value is -2.15. The van der Waals surface area contributed by atoms with Crippen LogP contribution in [0.1, 0.15) is 12.7 Å². The molecule has 2 radical (unpaired) electrons. The number of furan rings is 1. The standard InChI is InChI=1S/C12H11ClN4O3/c1-7(18)19-4-8-2-3-9(20-8)17-6-16-10-11(13)14-5-15-12(10)17/h5,12,16H,4,6H2,1H3,(H,14,15)/t12-/m1/s1. The molecule has 0 unspecified atom stereocenters. The maximum absolute atomic E-state index is 10.8. The molecule has 0 aromatic carbocycles. The van der Waals surface area contributed by atoms with Crippen molar-refractivity contribution in [2.24, 2.45) is 4.99 Å². The summed E-state index contributed by atoms with van der Waals surface area (Å²) >= 11 is 6.01. The molecule has 1 aromatic heterocycles. The number of carbonyl (C=O) groups is 1. The third kappa shape index (κ3) is 2.32. The average molecular weight is 295 g/mol. The highest BCUT2D eigenvalue weighted by Crippen LogP contribution is 2.28. The van der Waals surface area contributed by atoms with E-state index in [9.17, 15) is 4.79 Å². The summed E-state index contributed by atoms with van der Waals surface area (Å²) in [6.07, 6.45) is 1.35. The third-order valence-electron chi connectivity index (χ3n) is 2.85. The topological polar surface area (TPSA) is 79.1 Å². The summed E-state index contributed by atoms with van der Waals surface area (Å²) in [6, 6.07) is 5.67. The van der Waals surface area contributed by atoms with Crippen LogP contribution in [0.25, 0.3) is 0 Å². The van der Waals surface area contributed by atoms with Crippen molar-refractivity contribution < 1.29 is 13.9 Å². The lowest BCUT2D eigenvalue weighted by Crippen LogP contribution is -2.43. The van der Waals surface area contributed by atoms with Crippen molar-refractivity contribution in [3.05, 3.63) is 28.7 Å². The van der Waals surface area contributed by atoms with Crippen molar-refractivity contribution in [2.45, 2.75) is 19.7 Å². The van der Waals surface area contributed by atoms with Gasteiger partial charge in [-0.25, -0.2) is 4.99 Å². The molecule has 1 aromatic rings. The first-order valence-corrected chi connectivity index (χ1v) is 6.28. The lowest BCUT2D eigenvalue weighted by atomic mass is 10.3. The van der Waals surface area contributed by atoms with Crippen molar-refractivity contribution in [3.63, 3.8) is 0 Å². The number of anilines is 1. The summed E-state index contributed by atoms with van der Waals surface area (Å²) in [5.41, 5.74) is 0.778. The Bertz CT molecular complexity index is 595. The van der Waals surface area contributed by atoms with Crippen LogP contribution in [0.5, 0.6) is 0 Å². The molecule has 0 aliphatic carbocycles. The molecule has 0 spiro atoms. The molecule has 0 amide bonds. The second kappa shape index (κ2) is 5.09. The molecule has 2 aliphatic heterocycles. The van der Waals surface area contributed by atoms with Crippen molar-refractivity contribution >= 4 is 29.8 Å². The number of carbonyl (C=O) groups excluding carboxylic acids is 1. The summed E-state index contributed by atoms with van der Waals surface area (Å²) < 4.78 is 10.4. The lowest BCUT2D eigenvalue weighted by molar-refractivity contribution is -0.142. The van der Waals surface area contributed by atoms with Gasteiger partial charge in [0, 0.05) is 13.0 Å². The summed E-state index contributed by atoms with van der Waals surface area (Å²) in [5.74, 6) is 0.511. The number of rotatable bonds is 3. The van der Waals surface area contributed by atoms with Crippen LogP contribution < -0.4 is 15.5 Å². The molecule has 20 heavy (non-hydrogen) atoms. The van der Waals surface area contributed by atoms with E-state index in [2.05, 4.69) is 27.8 Å². The maximum atomic E-state index is 10.8. The van der Waals surface area contributed by atoms with Gasteiger partial charge in [-0.2, -0.15) is 0 Å². The zero-order valence-electron chi connectivity index (χ0n) is 10.6. The summed E-state index contributed by atoms with van der Waals surface area (Å²) in [6.45, 7) is 1.87. The van der Waals surface area contributed by atoms with Gasteiger partial charge in [-0.15, -0.1) is 0 Å². The minimum absolute atomic E-state index is 0.0378. The monoisotopic (exact) mass is 294 g/mol. The first-order valence-electron chi connectivity index (χ1n) is 5.90. The first kappa shape index (κ1) is 12.9. The molecule has 0 bridgehead atoms. The van der Waals surface area contributed by atoms with Gasteiger partial charge in [0.1, 0.15) is 12.8 Å². The smallest absolute Gasteiger partial charge is 0.303 e. The van der Waals surface area contributed by atoms with Crippen LogP contribution in [0.3, 0.4) is 0 Å². The number of nitrogens with zero attached hydrogens (tertiary/aromatic N) is 2. The molecule has 8 heteroatoms. The Morgan fingerprint density at radius 1 is 1.70 bits per heavy atom. The van der Waals surface area contributed by atoms with Crippen molar-refractivity contribution in [2.75, 3.05) is 11.6 Å². The second-order valence-electron chi connectivity index (χ2n) is 4.20. The Morgan fingerprint density at radius 3 is 3.35 bits per heavy atom. The Balaban J connectivity index is 1.74. The Labute approximate surface area is 120 Å². The molecule has 1 fully saturated rings. The van der Waals surface area contributed by atoms with Gasteiger partial charge in [-0.05, 0) is 0 Å². The predicted octanol–water partition coefficient (Wildman–Crippen LogP) is 0.676. The van der Waals surface area contributed by atoms with Gasteiger partial charge in [-0.1, -0.05) is 11.6 Å². The molecule has 2 aliphatic rings. The van der Waals surface area contributed by atoms with Gasteiger partial charge in [0.15, 0.2) is 10.9 Å². The molecule has 7 nitrogen and oxygen atoms in total. The van der Waals surface area contributed by atoms with E-state index in [0.29, 0.717) is 23.5 Å². The highest BCUT2D eigenvalue weighted by molar-refractivity contribution is 6.30. The zero-order valence-corrected chi connectivity index (χ0v) is 11.3. The minimum atomic E-state index is -0.374. The van der Waals surface area contributed by atoms with E-state index in [1.807, 2.05) is 4.90 Å². The van der Waals surface area contributed by atoms with Crippen LogP contribution in [-0.4, -0.2) is 25.1 Å². The number of hydrogen-bond acceptors (Lipinski definition) is 7. The van der Waals surface area contributed by atoms with Crippen LogP contribution in [0.4, 0.5) is 5.88 Å².